The van der Waals surface area contributed by atoms with Crippen molar-refractivity contribution < 1.29 is 9.47 Å². The second kappa shape index (κ2) is 3.26. The summed E-state index contributed by atoms with van der Waals surface area (Å²) < 4.78 is 11.8. The predicted octanol–water partition coefficient (Wildman–Crippen LogP) is 1.83. The van der Waals surface area contributed by atoms with Gasteiger partial charge in [0.15, 0.2) is 5.79 Å². The molecule has 0 aromatic heterocycles. The molecule has 1 aliphatic heterocycles. The highest BCUT2D eigenvalue weighted by Crippen LogP contribution is 2.71. The topological polar surface area (TPSA) is 66.0 Å². The van der Waals surface area contributed by atoms with Gasteiger partial charge in [0.2, 0.25) is 0 Å². The van der Waals surface area contributed by atoms with Gasteiger partial charge in [0.1, 0.15) is 5.41 Å². The third kappa shape index (κ3) is 0.955. The molecule has 4 rings (SSSR count). The first-order valence-corrected chi connectivity index (χ1v) is 6.88. The van der Waals surface area contributed by atoms with Crippen LogP contribution in [0, 0.1) is 51.7 Å². The minimum atomic E-state index is -0.771. The van der Waals surface area contributed by atoms with Crippen molar-refractivity contribution in [1.29, 1.82) is 10.5 Å². The fourth-order valence-corrected chi connectivity index (χ4v) is 5.33. The molecule has 4 bridgehead atoms. The van der Waals surface area contributed by atoms with E-state index in [9.17, 15) is 10.5 Å². The minimum Gasteiger partial charge on any atom is -0.347 e. The molecule has 4 nitrogen and oxygen atoms in total. The summed E-state index contributed by atoms with van der Waals surface area (Å²) in [4.78, 5) is 0. The highest BCUT2D eigenvalue weighted by atomic mass is 16.7. The van der Waals surface area contributed by atoms with E-state index < -0.39 is 11.2 Å². The molecule has 4 heteroatoms. The Hall–Kier alpha value is -1.10. The molecule has 4 atom stereocenters. The zero-order chi connectivity index (χ0) is 12.4. The van der Waals surface area contributed by atoms with Gasteiger partial charge in [-0.2, -0.15) is 10.5 Å². The average Bonchev–Trinajstić information content (AvgIpc) is 3.04. The summed E-state index contributed by atoms with van der Waals surface area (Å²) in [5.74, 6) is 0.600. The summed E-state index contributed by atoms with van der Waals surface area (Å²) in [6.07, 6.45) is 4.00. The van der Waals surface area contributed by atoms with Crippen LogP contribution in [0.15, 0.2) is 0 Å². The van der Waals surface area contributed by atoms with Gasteiger partial charge >= 0.3 is 0 Å². The molecule has 0 aromatic carbocycles. The summed E-state index contributed by atoms with van der Waals surface area (Å²) >= 11 is 0. The lowest BCUT2D eigenvalue weighted by Gasteiger charge is -2.43. The Morgan fingerprint density at radius 2 is 1.72 bits per heavy atom. The van der Waals surface area contributed by atoms with Crippen LogP contribution < -0.4 is 0 Å². The number of hydrogen-bond acceptors (Lipinski definition) is 4. The van der Waals surface area contributed by atoms with E-state index in [0.29, 0.717) is 19.1 Å². The van der Waals surface area contributed by atoms with Crippen LogP contribution in [-0.4, -0.2) is 19.0 Å². The van der Waals surface area contributed by atoms with Crippen LogP contribution in [0.25, 0.3) is 0 Å². The highest BCUT2D eigenvalue weighted by Gasteiger charge is 2.75. The maximum absolute atomic E-state index is 9.56. The molecular formula is C14H16N2O2. The van der Waals surface area contributed by atoms with Crippen LogP contribution in [0.2, 0.25) is 0 Å². The molecule has 0 N–H and O–H groups in total. The van der Waals surface area contributed by atoms with E-state index in [4.69, 9.17) is 9.47 Å². The lowest BCUT2D eigenvalue weighted by molar-refractivity contribution is -0.216. The quantitative estimate of drug-likeness (QED) is 0.652. The lowest BCUT2D eigenvalue weighted by atomic mass is 9.64. The molecule has 94 valence electrons. The number of nitrogens with zero attached hydrogens (tertiary/aromatic N) is 2. The number of ether oxygens (including phenoxy) is 2. The Balaban J connectivity index is 1.82. The van der Waals surface area contributed by atoms with Gasteiger partial charge < -0.3 is 9.47 Å². The van der Waals surface area contributed by atoms with Crippen molar-refractivity contribution in [1.82, 2.24) is 0 Å². The first kappa shape index (κ1) is 10.8. The van der Waals surface area contributed by atoms with E-state index >= 15 is 0 Å². The maximum Gasteiger partial charge on any atom is 0.172 e. The Morgan fingerprint density at radius 1 is 1.00 bits per heavy atom. The van der Waals surface area contributed by atoms with Gasteiger partial charge in [0, 0.05) is 12.3 Å². The van der Waals surface area contributed by atoms with Crippen molar-refractivity contribution in [3.63, 3.8) is 0 Å². The van der Waals surface area contributed by atoms with Crippen molar-refractivity contribution >= 4 is 0 Å². The minimum absolute atomic E-state index is 0.156. The number of hydrogen-bond donors (Lipinski definition) is 0. The monoisotopic (exact) mass is 244 g/mol. The second-order valence-electron chi connectivity index (χ2n) is 6.14. The van der Waals surface area contributed by atoms with Crippen LogP contribution in [0.5, 0.6) is 0 Å². The van der Waals surface area contributed by atoms with E-state index in [0.717, 1.165) is 25.7 Å². The Kier molecular flexibility index (Phi) is 1.95. The van der Waals surface area contributed by atoms with Gasteiger partial charge in [-0.3, -0.25) is 0 Å². The molecule has 0 aromatic rings. The summed E-state index contributed by atoms with van der Waals surface area (Å²) in [5, 5.41) is 19.1. The first-order chi connectivity index (χ1) is 8.77. The third-order valence-corrected chi connectivity index (χ3v) is 5.79. The van der Waals surface area contributed by atoms with E-state index in [2.05, 4.69) is 12.1 Å². The van der Waals surface area contributed by atoms with Crippen molar-refractivity contribution in [2.75, 3.05) is 13.2 Å². The zero-order valence-electron chi connectivity index (χ0n) is 10.3. The molecule has 4 aliphatic rings. The standard InChI is InChI=1S/C14H16N2O2/c15-7-13(8-16)10-3-1-2-9-11(13)6-14(12(9)10)17-4-5-18-14/h9-12H,1-6H2/t9-,10+,11+,12-/m1/s1. The fraction of sp³-hybridized carbons (Fsp3) is 0.857. The Morgan fingerprint density at radius 3 is 2.39 bits per heavy atom. The maximum atomic E-state index is 9.56. The van der Waals surface area contributed by atoms with Crippen LogP contribution in [0.1, 0.15) is 25.7 Å². The summed E-state index contributed by atoms with van der Waals surface area (Å²) in [6.45, 7) is 1.32. The number of rotatable bonds is 0. The van der Waals surface area contributed by atoms with Crippen molar-refractivity contribution in [3.05, 3.63) is 0 Å². The SMILES string of the molecule is N#CC1(C#N)[C@H]2CC3(OCCO3)[C@@H]3[C@@H]2CCC[C@@H]31. The molecule has 18 heavy (non-hydrogen) atoms. The zero-order valence-corrected chi connectivity index (χ0v) is 10.3. The molecule has 4 fully saturated rings. The molecule has 0 amide bonds. The molecule has 1 spiro atoms. The number of nitriles is 2. The van der Waals surface area contributed by atoms with Crippen LogP contribution in [0.3, 0.4) is 0 Å². The van der Waals surface area contributed by atoms with Crippen molar-refractivity contribution in [2.45, 2.75) is 31.5 Å². The largest absolute Gasteiger partial charge is 0.347 e. The fourth-order valence-electron chi connectivity index (χ4n) is 5.33. The van der Waals surface area contributed by atoms with Crippen molar-refractivity contribution in [3.8, 4) is 12.1 Å². The van der Waals surface area contributed by atoms with Crippen LogP contribution in [0.4, 0.5) is 0 Å². The smallest absolute Gasteiger partial charge is 0.172 e. The summed E-state index contributed by atoms with van der Waals surface area (Å²) in [6, 6.07) is 4.73. The molecule has 1 saturated heterocycles. The predicted molar refractivity (Wildman–Crippen MR) is 60.7 cm³/mol. The average molecular weight is 244 g/mol. The van der Waals surface area contributed by atoms with Gasteiger partial charge in [0.25, 0.3) is 0 Å². The third-order valence-electron chi connectivity index (χ3n) is 5.79. The Labute approximate surface area is 106 Å². The molecular weight excluding hydrogens is 228 g/mol. The molecule has 1 heterocycles. The highest BCUT2D eigenvalue weighted by molar-refractivity contribution is 5.31. The van der Waals surface area contributed by atoms with Gasteiger partial charge in [-0.05, 0) is 30.6 Å². The van der Waals surface area contributed by atoms with Crippen LogP contribution >= 0.6 is 0 Å². The molecule has 3 aliphatic carbocycles. The Bertz CT molecular complexity index is 451. The van der Waals surface area contributed by atoms with E-state index in [1.807, 2.05) is 0 Å². The van der Waals surface area contributed by atoms with Crippen molar-refractivity contribution in [2.24, 2.45) is 29.1 Å². The summed E-state index contributed by atoms with van der Waals surface area (Å²) in [5.41, 5.74) is -0.771. The molecule has 0 unspecified atom stereocenters. The second-order valence-corrected chi connectivity index (χ2v) is 6.14. The normalized spacial score (nSPS) is 45.9. The lowest BCUT2D eigenvalue weighted by Crippen LogP contribution is -2.48. The van der Waals surface area contributed by atoms with E-state index in [1.54, 1.807) is 0 Å². The van der Waals surface area contributed by atoms with Gasteiger partial charge in [0.05, 0.1) is 25.4 Å². The van der Waals surface area contributed by atoms with Gasteiger partial charge in [-0.1, -0.05) is 6.42 Å². The van der Waals surface area contributed by atoms with E-state index in [1.165, 1.54) is 0 Å². The molecule has 3 saturated carbocycles. The molecule has 0 radical (unpaired) electrons. The van der Waals surface area contributed by atoms with Crippen LogP contribution in [-0.2, 0) is 9.47 Å². The van der Waals surface area contributed by atoms with Gasteiger partial charge in [-0.25, -0.2) is 0 Å². The van der Waals surface area contributed by atoms with E-state index in [-0.39, 0.29) is 17.8 Å². The van der Waals surface area contributed by atoms with Gasteiger partial charge in [-0.15, -0.1) is 0 Å². The summed E-state index contributed by atoms with van der Waals surface area (Å²) in [7, 11) is 0. The first-order valence-electron chi connectivity index (χ1n) is 6.88.